The van der Waals surface area contributed by atoms with Gasteiger partial charge in [-0.15, -0.1) is 0 Å². The molecule has 3 aromatic rings. The number of fused-ring (bicyclic) bond motifs is 1. The first-order valence-corrected chi connectivity index (χ1v) is 10.3. The highest BCUT2D eigenvalue weighted by molar-refractivity contribution is 5.97. The monoisotopic (exact) mass is 402 g/mol. The Labute approximate surface area is 176 Å². The van der Waals surface area contributed by atoms with Gasteiger partial charge < -0.3 is 9.80 Å². The van der Waals surface area contributed by atoms with Gasteiger partial charge in [0.05, 0.1) is 22.4 Å². The first kappa shape index (κ1) is 20.0. The Bertz CT molecular complexity index is 1110. The van der Waals surface area contributed by atoms with Crippen LogP contribution < -0.4 is 0 Å². The maximum atomic E-state index is 13.1. The maximum Gasteiger partial charge on any atom is 0.253 e. The highest BCUT2D eigenvalue weighted by Gasteiger charge is 2.24. The molecule has 6 heteroatoms. The standard InChI is InChI=1S/C24H26N4O2/c1-16-5-7-19(8-6-16)23(29)27-11-4-12-28(14-13-27)24(30)20-9-10-21-22(15-20)26-18(3)17(2)25-21/h5-10,15H,4,11-14H2,1-3H3. The van der Waals surface area contributed by atoms with Crippen molar-refractivity contribution >= 4 is 22.8 Å². The van der Waals surface area contributed by atoms with Crippen LogP contribution in [0.25, 0.3) is 11.0 Å². The molecule has 0 saturated carbocycles. The van der Waals surface area contributed by atoms with Crippen LogP contribution in [0, 0.1) is 20.8 Å². The van der Waals surface area contributed by atoms with E-state index < -0.39 is 0 Å². The second kappa shape index (κ2) is 8.22. The SMILES string of the molecule is Cc1ccc(C(=O)N2CCCN(C(=O)c3ccc4nc(C)c(C)nc4c3)CC2)cc1. The lowest BCUT2D eigenvalue weighted by molar-refractivity contribution is 0.0719. The van der Waals surface area contributed by atoms with Crippen LogP contribution in [0.2, 0.25) is 0 Å². The number of hydrogen-bond acceptors (Lipinski definition) is 4. The lowest BCUT2D eigenvalue weighted by Crippen LogP contribution is -2.37. The fourth-order valence-corrected chi connectivity index (χ4v) is 3.75. The second-order valence-electron chi connectivity index (χ2n) is 7.90. The molecule has 0 N–H and O–H groups in total. The Kier molecular flexibility index (Phi) is 5.48. The molecule has 2 heterocycles. The van der Waals surface area contributed by atoms with Gasteiger partial charge in [0.1, 0.15) is 0 Å². The molecule has 2 aromatic carbocycles. The average Bonchev–Trinajstić information content (AvgIpc) is 3.00. The lowest BCUT2D eigenvalue weighted by atomic mass is 10.1. The zero-order valence-corrected chi connectivity index (χ0v) is 17.7. The third kappa shape index (κ3) is 4.03. The molecule has 154 valence electrons. The van der Waals surface area contributed by atoms with Crippen molar-refractivity contribution in [3.05, 3.63) is 70.5 Å². The van der Waals surface area contributed by atoms with Crippen molar-refractivity contribution in [2.75, 3.05) is 26.2 Å². The summed E-state index contributed by atoms with van der Waals surface area (Å²) in [6.07, 6.45) is 0.759. The van der Waals surface area contributed by atoms with Crippen molar-refractivity contribution in [2.24, 2.45) is 0 Å². The molecule has 6 nitrogen and oxygen atoms in total. The number of amides is 2. The van der Waals surface area contributed by atoms with Gasteiger partial charge in [-0.2, -0.15) is 0 Å². The third-order valence-electron chi connectivity index (χ3n) is 5.69. The Hall–Kier alpha value is -3.28. The van der Waals surface area contributed by atoms with Crippen LogP contribution in [0.4, 0.5) is 0 Å². The molecule has 0 atom stereocenters. The van der Waals surface area contributed by atoms with E-state index in [2.05, 4.69) is 9.97 Å². The first-order valence-electron chi connectivity index (χ1n) is 10.3. The number of rotatable bonds is 2. The molecular weight excluding hydrogens is 376 g/mol. The number of aromatic nitrogens is 2. The molecule has 1 aliphatic heterocycles. The molecule has 0 bridgehead atoms. The summed E-state index contributed by atoms with van der Waals surface area (Å²) in [7, 11) is 0. The molecule has 1 aromatic heterocycles. The van der Waals surface area contributed by atoms with E-state index in [1.807, 2.05) is 73.0 Å². The van der Waals surface area contributed by atoms with Crippen LogP contribution in [-0.4, -0.2) is 57.8 Å². The minimum atomic E-state index is -0.0263. The van der Waals surface area contributed by atoms with E-state index >= 15 is 0 Å². The molecule has 0 aliphatic carbocycles. The summed E-state index contributed by atoms with van der Waals surface area (Å²) < 4.78 is 0. The Morgan fingerprint density at radius 1 is 0.700 bits per heavy atom. The first-order chi connectivity index (χ1) is 14.4. The van der Waals surface area contributed by atoms with Gasteiger partial charge in [-0.05, 0) is 57.5 Å². The van der Waals surface area contributed by atoms with Gasteiger partial charge in [0.2, 0.25) is 0 Å². The number of carbonyl (C=O) groups excluding carboxylic acids is 2. The van der Waals surface area contributed by atoms with Gasteiger partial charge in [-0.25, -0.2) is 9.97 Å². The second-order valence-corrected chi connectivity index (χ2v) is 7.90. The Morgan fingerprint density at radius 2 is 1.23 bits per heavy atom. The largest absolute Gasteiger partial charge is 0.337 e. The van der Waals surface area contributed by atoms with Crippen LogP contribution in [-0.2, 0) is 0 Å². The zero-order chi connectivity index (χ0) is 21.3. The smallest absolute Gasteiger partial charge is 0.253 e. The fourth-order valence-electron chi connectivity index (χ4n) is 3.75. The number of benzene rings is 2. The summed E-state index contributed by atoms with van der Waals surface area (Å²) in [6, 6.07) is 13.1. The van der Waals surface area contributed by atoms with Gasteiger partial charge >= 0.3 is 0 Å². The molecule has 2 amide bonds. The van der Waals surface area contributed by atoms with E-state index in [1.54, 1.807) is 0 Å². The molecule has 1 aliphatic rings. The van der Waals surface area contributed by atoms with E-state index in [4.69, 9.17) is 0 Å². The highest BCUT2D eigenvalue weighted by Crippen LogP contribution is 2.17. The van der Waals surface area contributed by atoms with Crippen molar-refractivity contribution < 1.29 is 9.59 Å². The Balaban J connectivity index is 1.48. The van der Waals surface area contributed by atoms with Crippen molar-refractivity contribution in [2.45, 2.75) is 27.2 Å². The van der Waals surface area contributed by atoms with Crippen LogP contribution in [0.3, 0.4) is 0 Å². The van der Waals surface area contributed by atoms with Crippen molar-refractivity contribution in [3.63, 3.8) is 0 Å². The van der Waals surface area contributed by atoms with Crippen molar-refractivity contribution in [1.82, 2.24) is 19.8 Å². The van der Waals surface area contributed by atoms with E-state index in [1.165, 1.54) is 0 Å². The molecule has 4 rings (SSSR count). The van der Waals surface area contributed by atoms with Gasteiger partial charge in [-0.3, -0.25) is 9.59 Å². The summed E-state index contributed by atoms with van der Waals surface area (Å²) in [6.45, 7) is 8.19. The fraction of sp³-hybridized carbons (Fsp3) is 0.333. The van der Waals surface area contributed by atoms with Crippen LogP contribution in [0.15, 0.2) is 42.5 Å². The summed E-state index contributed by atoms with van der Waals surface area (Å²) >= 11 is 0. The molecule has 1 fully saturated rings. The van der Waals surface area contributed by atoms with E-state index in [0.717, 1.165) is 34.4 Å². The molecule has 0 spiro atoms. The topological polar surface area (TPSA) is 66.4 Å². The summed E-state index contributed by atoms with van der Waals surface area (Å²) in [5.41, 5.74) is 5.72. The van der Waals surface area contributed by atoms with E-state index in [9.17, 15) is 9.59 Å². The van der Waals surface area contributed by atoms with Crippen LogP contribution in [0.1, 0.15) is 44.1 Å². The maximum absolute atomic E-state index is 13.1. The molecule has 0 unspecified atom stereocenters. The van der Waals surface area contributed by atoms with Crippen LogP contribution >= 0.6 is 0 Å². The minimum Gasteiger partial charge on any atom is -0.337 e. The molecule has 1 saturated heterocycles. The molecule has 0 radical (unpaired) electrons. The summed E-state index contributed by atoms with van der Waals surface area (Å²) in [5, 5.41) is 0. The lowest BCUT2D eigenvalue weighted by Gasteiger charge is -2.22. The van der Waals surface area contributed by atoms with Gasteiger partial charge in [0.15, 0.2) is 0 Å². The summed E-state index contributed by atoms with van der Waals surface area (Å²) in [5.74, 6) is -0.00214. The normalized spacial score (nSPS) is 14.6. The summed E-state index contributed by atoms with van der Waals surface area (Å²) in [4.78, 5) is 38.7. The number of carbonyl (C=O) groups is 2. The average molecular weight is 402 g/mol. The third-order valence-corrected chi connectivity index (χ3v) is 5.69. The van der Waals surface area contributed by atoms with Crippen molar-refractivity contribution in [1.29, 1.82) is 0 Å². The van der Waals surface area contributed by atoms with Gasteiger partial charge in [-0.1, -0.05) is 17.7 Å². The van der Waals surface area contributed by atoms with E-state index in [0.29, 0.717) is 37.3 Å². The number of nitrogens with zero attached hydrogens (tertiary/aromatic N) is 4. The zero-order valence-electron chi connectivity index (χ0n) is 17.7. The van der Waals surface area contributed by atoms with Crippen molar-refractivity contribution in [3.8, 4) is 0 Å². The quantitative estimate of drug-likeness (QED) is 0.658. The van der Waals surface area contributed by atoms with Gasteiger partial charge in [0.25, 0.3) is 11.8 Å². The van der Waals surface area contributed by atoms with Gasteiger partial charge in [0, 0.05) is 37.3 Å². The number of hydrogen-bond donors (Lipinski definition) is 0. The molecule has 30 heavy (non-hydrogen) atoms. The van der Waals surface area contributed by atoms with Crippen LogP contribution in [0.5, 0.6) is 0 Å². The van der Waals surface area contributed by atoms with E-state index in [-0.39, 0.29) is 11.8 Å². The Morgan fingerprint density at radius 3 is 1.87 bits per heavy atom. The number of aryl methyl sites for hydroxylation is 3. The highest BCUT2D eigenvalue weighted by atomic mass is 16.2. The predicted octanol–water partition coefficient (Wildman–Crippen LogP) is 3.54. The predicted molar refractivity (Wildman–Crippen MR) is 117 cm³/mol. The minimum absolute atomic E-state index is 0.0242. The molecular formula is C24H26N4O2.